The van der Waals surface area contributed by atoms with Gasteiger partial charge in [-0.3, -0.25) is 0 Å². The Labute approximate surface area is 216 Å². The molecule has 7 nitrogen and oxygen atoms in total. The lowest BCUT2D eigenvalue weighted by Crippen LogP contribution is -2.09. The number of aryl methyl sites for hydroxylation is 4. The number of carboxylic acid groups (broad SMARTS) is 1. The molecule has 190 valence electrons. The number of nitrogens with zero attached hydrogens (tertiary/aromatic N) is 1. The first kappa shape index (κ1) is 25.9. The molecule has 0 bridgehead atoms. The lowest BCUT2D eigenvalue weighted by molar-refractivity contribution is 0.0696. The number of rotatable bonds is 8. The Morgan fingerprint density at radius 3 is 2.24 bits per heavy atom. The summed E-state index contributed by atoms with van der Waals surface area (Å²) in [7, 11) is -3.89. The molecule has 0 aliphatic heterocycles. The number of benzene rings is 3. The zero-order valence-electron chi connectivity index (χ0n) is 21.1. The molecule has 2 N–H and O–H groups in total. The van der Waals surface area contributed by atoms with Crippen LogP contribution in [0.3, 0.4) is 0 Å². The summed E-state index contributed by atoms with van der Waals surface area (Å²) in [6.07, 6.45) is 0. The molecule has 1 aromatic heterocycles. The van der Waals surface area contributed by atoms with Crippen LogP contribution >= 0.6 is 0 Å². The molecule has 1 heterocycles. The van der Waals surface area contributed by atoms with Crippen molar-refractivity contribution in [3.8, 4) is 5.75 Å². The zero-order chi connectivity index (χ0) is 26.7. The first-order chi connectivity index (χ1) is 17.5. The fourth-order valence-corrected chi connectivity index (χ4v) is 5.50. The molecule has 3 aromatic carbocycles. The molecule has 8 heteroatoms. The van der Waals surface area contributed by atoms with E-state index in [1.807, 2.05) is 39.8 Å². The van der Waals surface area contributed by atoms with Crippen LogP contribution in [0.15, 0.2) is 82.6 Å². The van der Waals surface area contributed by atoms with Gasteiger partial charge in [0.25, 0.3) is 0 Å². The van der Waals surface area contributed by atoms with Gasteiger partial charge in [-0.2, -0.15) is 0 Å². The average molecular weight is 517 g/mol. The van der Waals surface area contributed by atoms with Gasteiger partial charge < -0.3 is 15.2 Å². The van der Waals surface area contributed by atoms with Crippen LogP contribution in [0.4, 0.5) is 11.5 Å². The van der Waals surface area contributed by atoms with Gasteiger partial charge in [0.15, 0.2) is 0 Å². The van der Waals surface area contributed by atoms with Gasteiger partial charge in [-0.1, -0.05) is 29.8 Å². The fourth-order valence-electron chi connectivity index (χ4n) is 4.15. The first-order valence-electron chi connectivity index (χ1n) is 11.7. The molecule has 37 heavy (non-hydrogen) atoms. The van der Waals surface area contributed by atoms with E-state index in [1.54, 1.807) is 36.4 Å². The van der Waals surface area contributed by atoms with E-state index in [4.69, 9.17) is 9.84 Å². The van der Waals surface area contributed by atoms with Crippen LogP contribution in [0.5, 0.6) is 5.75 Å². The maximum Gasteiger partial charge on any atom is 0.335 e. The van der Waals surface area contributed by atoms with E-state index in [-0.39, 0.29) is 27.8 Å². The van der Waals surface area contributed by atoms with Crippen molar-refractivity contribution < 1.29 is 23.1 Å². The fraction of sp³-hybridized carbons (Fsp3) is 0.172. The minimum Gasteiger partial charge on any atom is -0.489 e. The van der Waals surface area contributed by atoms with Crippen molar-refractivity contribution in [2.75, 3.05) is 5.32 Å². The number of ether oxygens (including phenoxy) is 1. The van der Waals surface area contributed by atoms with Gasteiger partial charge in [-0.15, -0.1) is 0 Å². The SMILES string of the molecule is Cc1cc(C)c(Nc2nc(C)ccc2S(=O)(=O)c2ccc(OCc3cccc(C(=O)O)c3)cc2)c(C)c1. The third-order valence-corrected chi connectivity index (χ3v) is 7.72. The van der Waals surface area contributed by atoms with Gasteiger partial charge in [-0.05, 0) is 92.9 Å². The highest BCUT2D eigenvalue weighted by atomic mass is 32.2. The summed E-state index contributed by atoms with van der Waals surface area (Å²) in [4.78, 5) is 15.9. The van der Waals surface area contributed by atoms with Crippen LogP contribution in [0.2, 0.25) is 0 Å². The van der Waals surface area contributed by atoms with E-state index in [1.165, 1.54) is 24.3 Å². The highest BCUT2D eigenvalue weighted by molar-refractivity contribution is 7.91. The molecule has 0 radical (unpaired) electrons. The summed E-state index contributed by atoms with van der Waals surface area (Å²) < 4.78 is 32.9. The molecule has 0 aliphatic rings. The third-order valence-electron chi connectivity index (χ3n) is 5.92. The number of carboxylic acids is 1. The van der Waals surface area contributed by atoms with Gasteiger partial charge in [0, 0.05) is 11.4 Å². The number of anilines is 2. The predicted octanol–water partition coefficient (Wildman–Crippen LogP) is 6.17. The van der Waals surface area contributed by atoms with Crippen LogP contribution in [-0.2, 0) is 16.4 Å². The summed E-state index contributed by atoms with van der Waals surface area (Å²) in [5.74, 6) is -0.275. The van der Waals surface area contributed by atoms with Crippen molar-refractivity contribution in [1.29, 1.82) is 0 Å². The number of hydrogen-bond acceptors (Lipinski definition) is 6. The summed E-state index contributed by atoms with van der Waals surface area (Å²) in [5, 5.41) is 12.4. The lowest BCUT2D eigenvalue weighted by atomic mass is 10.1. The molecule has 0 saturated carbocycles. The van der Waals surface area contributed by atoms with Crippen LogP contribution < -0.4 is 10.1 Å². The molecule has 4 aromatic rings. The van der Waals surface area contributed by atoms with Gasteiger partial charge in [-0.25, -0.2) is 18.2 Å². The molecule has 4 rings (SSSR count). The maximum atomic E-state index is 13.6. The Morgan fingerprint density at radius 2 is 1.59 bits per heavy atom. The Balaban J connectivity index is 1.59. The second-order valence-corrected chi connectivity index (χ2v) is 10.9. The van der Waals surface area contributed by atoms with E-state index < -0.39 is 15.8 Å². The maximum absolute atomic E-state index is 13.6. The smallest absolute Gasteiger partial charge is 0.335 e. The molecule has 0 fully saturated rings. The topological polar surface area (TPSA) is 106 Å². The molecule has 0 spiro atoms. The zero-order valence-corrected chi connectivity index (χ0v) is 21.9. The summed E-state index contributed by atoms with van der Waals surface area (Å²) in [6.45, 7) is 7.93. The van der Waals surface area contributed by atoms with Crippen molar-refractivity contribution in [3.05, 3.63) is 106 Å². The highest BCUT2D eigenvalue weighted by Gasteiger charge is 2.23. The Bertz CT molecular complexity index is 1560. The van der Waals surface area contributed by atoms with Crippen molar-refractivity contribution in [2.45, 2.75) is 44.1 Å². The minimum atomic E-state index is -3.89. The molecule has 0 aliphatic carbocycles. The molecule has 0 saturated heterocycles. The Hall–Kier alpha value is -4.17. The van der Waals surface area contributed by atoms with Crippen LogP contribution in [0.1, 0.15) is 38.3 Å². The van der Waals surface area contributed by atoms with Crippen molar-refractivity contribution >= 4 is 27.3 Å². The summed E-state index contributed by atoms with van der Waals surface area (Å²) >= 11 is 0. The van der Waals surface area contributed by atoms with Gasteiger partial charge in [0.2, 0.25) is 9.84 Å². The van der Waals surface area contributed by atoms with Crippen LogP contribution in [-0.4, -0.2) is 24.5 Å². The van der Waals surface area contributed by atoms with E-state index in [0.29, 0.717) is 17.0 Å². The van der Waals surface area contributed by atoms with Gasteiger partial charge in [0.1, 0.15) is 23.1 Å². The second-order valence-electron chi connectivity index (χ2n) is 8.97. The lowest BCUT2D eigenvalue weighted by Gasteiger charge is -2.17. The number of nitrogens with one attached hydrogen (secondary N) is 1. The van der Waals surface area contributed by atoms with E-state index in [0.717, 1.165) is 22.4 Å². The van der Waals surface area contributed by atoms with Gasteiger partial charge >= 0.3 is 5.97 Å². The Morgan fingerprint density at radius 1 is 0.919 bits per heavy atom. The van der Waals surface area contributed by atoms with Crippen LogP contribution in [0, 0.1) is 27.7 Å². The van der Waals surface area contributed by atoms with Crippen molar-refractivity contribution in [2.24, 2.45) is 0 Å². The van der Waals surface area contributed by atoms with E-state index >= 15 is 0 Å². The van der Waals surface area contributed by atoms with E-state index in [9.17, 15) is 13.2 Å². The number of aromatic nitrogens is 1. The number of pyridine rings is 1. The third kappa shape index (κ3) is 5.81. The second kappa shape index (κ2) is 10.4. The minimum absolute atomic E-state index is 0.0802. The molecule has 0 atom stereocenters. The first-order valence-corrected chi connectivity index (χ1v) is 13.2. The molecule has 0 amide bonds. The standard InChI is InChI=1S/C29H28N2O5S/c1-18-14-19(2)27(20(3)15-18)31-28-26(13-8-21(4)30-28)37(34,35)25-11-9-24(10-12-25)36-17-22-6-5-7-23(16-22)29(32)33/h5-16H,17H2,1-4H3,(H,30,31)(H,32,33). The molecular formula is C29H28N2O5S. The monoisotopic (exact) mass is 516 g/mol. The number of aromatic carboxylic acids is 1. The van der Waals surface area contributed by atoms with Crippen molar-refractivity contribution in [1.82, 2.24) is 4.98 Å². The van der Waals surface area contributed by atoms with Crippen LogP contribution in [0.25, 0.3) is 0 Å². The number of hydrogen-bond donors (Lipinski definition) is 2. The predicted molar refractivity (Wildman–Crippen MR) is 143 cm³/mol. The normalized spacial score (nSPS) is 11.2. The number of sulfone groups is 1. The average Bonchev–Trinajstić information content (AvgIpc) is 2.85. The largest absolute Gasteiger partial charge is 0.489 e. The summed E-state index contributed by atoms with van der Waals surface area (Å²) in [5.41, 5.74) is 5.52. The summed E-state index contributed by atoms with van der Waals surface area (Å²) in [6, 6.07) is 19.9. The molecule has 0 unspecified atom stereocenters. The Kier molecular flexibility index (Phi) is 7.31. The van der Waals surface area contributed by atoms with E-state index in [2.05, 4.69) is 10.3 Å². The quantitative estimate of drug-likeness (QED) is 0.288. The number of carbonyl (C=O) groups is 1. The highest BCUT2D eigenvalue weighted by Crippen LogP contribution is 2.32. The van der Waals surface area contributed by atoms with Crippen molar-refractivity contribution in [3.63, 3.8) is 0 Å². The molecular weight excluding hydrogens is 488 g/mol. The van der Waals surface area contributed by atoms with Gasteiger partial charge in [0.05, 0.1) is 10.5 Å².